The highest BCUT2D eigenvalue weighted by molar-refractivity contribution is 5.10. The second kappa shape index (κ2) is 4.35. The predicted molar refractivity (Wildman–Crippen MR) is 77.6 cm³/mol. The molecule has 3 saturated carbocycles. The van der Waals surface area contributed by atoms with Gasteiger partial charge in [0, 0.05) is 0 Å². The van der Waals surface area contributed by atoms with Gasteiger partial charge in [0.25, 0.3) is 0 Å². The van der Waals surface area contributed by atoms with E-state index in [-0.39, 0.29) is 6.10 Å². The average molecular weight is 260 g/mol. The zero-order chi connectivity index (χ0) is 13.0. The Morgan fingerprint density at radius 3 is 2.79 bits per heavy atom. The standard InChI is InChI=1S/C18H28O/c1-18-9-2-3-17(18)16-6-4-12-11-13(19)5-7-14(12)15(16)8-10-18/h5,7,12-17,19H,2-4,6,8-11H2,1H3/t12?,13?,14-,15+,16+,17-,18-/m0/s1. The van der Waals surface area contributed by atoms with Gasteiger partial charge in [0.05, 0.1) is 6.10 Å². The number of aliphatic hydroxyl groups excluding tert-OH is 1. The van der Waals surface area contributed by atoms with Crippen LogP contribution < -0.4 is 0 Å². The minimum absolute atomic E-state index is 0.155. The molecule has 0 aromatic heterocycles. The Morgan fingerprint density at radius 1 is 1.00 bits per heavy atom. The van der Waals surface area contributed by atoms with Gasteiger partial charge in [0.15, 0.2) is 0 Å². The van der Waals surface area contributed by atoms with Crippen molar-refractivity contribution in [3.05, 3.63) is 12.2 Å². The molecular weight excluding hydrogens is 232 g/mol. The van der Waals surface area contributed by atoms with Gasteiger partial charge in [-0.05, 0) is 80.0 Å². The quantitative estimate of drug-likeness (QED) is 0.648. The van der Waals surface area contributed by atoms with E-state index in [4.69, 9.17) is 0 Å². The van der Waals surface area contributed by atoms with Gasteiger partial charge in [-0.3, -0.25) is 0 Å². The van der Waals surface area contributed by atoms with Crippen LogP contribution in [0.2, 0.25) is 0 Å². The fraction of sp³-hybridized carbons (Fsp3) is 0.889. The number of fused-ring (bicyclic) bond motifs is 5. The third-order valence-electron chi connectivity index (χ3n) is 7.28. The second-order valence-corrected chi connectivity index (χ2v) is 8.12. The molecule has 1 heteroatoms. The molecule has 4 rings (SSSR count). The van der Waals surface area contributed by atoms with E-state index >= 15 is 0 Å². The van der Waals surface area contributed by atoms with Gasteiger partial charge in [-0.2, -0.15) is 0 Å². The molecule has 7 atom stereocenters. The molecule has 4 aliphatic carbocycles. The van der Waals surface area contributed by atoms with Crippen LogP contribution in [-0.2, 0) is 0 Å². The molecule has 2 unspecified atom stereocenters. The van der Waals surface area contributed by atoms with Gasteiger partial charge in [0.2, 0.25) is 0 Å². The lowest BCUT2D eigenvalue weighted by Gasteiger charge is -2.54. The Bertz CT molecular complexity index is 387. The SMILES string of the molecule is C[C@@]12CCC[C@H]1[C@@H]1CCC3CC(O)C=C[C@@H]3[C@H]1CC2. The monoisotopic (exact) mass is 260 g/mol. The van der Waals surface area contributed by atoms with E-state index < -0.39 is 0 Å². The van der Waals surface area contributed by atoms with Crippen LogP contribution in [0.5, 0.6) is 0 Å². The van der Waals surface area contributed by atoms with E-state index in [1.54, 1.807) is 0 Å². The molecule has 0 bridgehead atoms. The highest BCUT2D eigenvalue weighted by Gasteiger charge is 2.52. The molecule has 1 N–H and O–H groups in total. The molecule has 1 nitrogen and oxygen atoms in total. The molecule has 0 radical (unpaired) electrons. The summed E-state index contributed by atoms with van der Waals surface area (Å²) in [6.07, 6.45) is 15.6. The third kappa shape index (κ3) is 1.84. The third-order valence-corrected chi connectivity index (χ3v) is 7.28. The molecule has 3 fully saturated rings. The zero-order valence-electron chi connectivity index (χ0n) is 12.2. The maximum Gasteiger partial charge on any atom is 0.0723 e. The lowest BCUT2D eigenvalue weighted by molar-refractivity contribution is -0.0334. The number of hydrogen-bond donors (Lipinski definition) is 1. The van der Waals surface area contributed by atoms with Crippen LogP contribution in [0.25, 0.3) is 0 Å². The van der Waals surface area contributed by atoms with E-state index in [2.05, 4.69) is 19.1 Å². The van der Waals surface area contributed by atoms with Crippen LogP contribution in [-0.4, -0.2) is 11.2 Å². The van der Waals surface area contributed by atoms with Gasteiger partial charge in [-0.25, -0.2) is 0 Å². The molecule has 0 heterocycles. The van der Waals surface area contributed by atoms with E-state index in [1.165, 1.54) is 44.9 Å². The summed E-state index contributed by atoms with van der Waals surface area (Å²) >= 11 is 0. The van der Waals surface area contributed by atoms with Crippen molar-refractivity contribution in [3.63, 3.8) is 0 Å². The van der Waals surface area contributed by atoms with Crippen LogP contribution in [0.4, 0.5) is 0 Å². The first-order valence-electron chi connectivity index (χ1n) is 8.54. The zero-order valence-corrected chi connectivity index (χ0v) is 12.2. The second-order valence-electron chi connectivity index (χ2n) is 8.12. The summed E-state index contributed by atoms with van der Waals surface area (Å²) in [5.41, 5.74) is 0.686. The molecule has 0 spiro atoms. The first kappa shape index (κ1) is 12.4. The maximum atomic E-state index is 9.85. The molecular formula is C18H28O. The van der Waals surface area contributed by atoms with Crippen molar-refractivity contribution >= 4 is 0 Å². The lowest BCUT2D eigenvalue weighted by atomic mass is 9.51. The molecule has 0 aromatic carbocycles. The summed E-state index contributed by atoms with van der Waals surface area (Å²) in [4.78, 5) is 0. The van der Waals surface area contributed by atoms with E-state index in [0.717, 1.165) is 36.0 Å². The fourth-order valence-corrected chi connectivity index (χ4v) is 6.37. The van der Waals surface area contributed by atoms with Crippen molar-refractivity contribution in [1.29, 1.82) is 0 Å². The number of hydrogen-bond acceptors (Lipinski definition) is 1. The van der Waals surface area contributed by atoms with Gasteiger partial charge < -0.3 is 5.11 Å². The van der Waals surface area contributed by atoms with Crippen LogP contribution in [0, 0.1) is 35.0 Å². The molecule has 0 saturated heterocycles. The Morgan fingerprint density at radius 2 is 1.89 bits per heavy atom. The van der Waals surface area contributed by atoms with Crippen LogP contribution >= 0.6 is 0 Å². The summed E-state index contributed by atoms with van der Waals surface area (Å²) in [6, 6.07) is 0. The Balaban J connectivity index is 1.61. The Hall–Kier alpha value is -0.300. The highest BCUT2D eigenvalue weighted by atomic mass is 16.3. The van der Waals surface area contributed by atoms with E-state index in [0.29, 0.717) is 5.41 Å². The predicted octanol–water partition coefficient (Wildman–Crippen LogP) is 4.17. The number of rotatable bonds is 0. The topological polar surface area (TPSA) is 20.2 Å². The van der Waals surface area contributed by atoms with Crippen molar-refractivity contribution < 1.29 is 5.11 Å². The summed E-state index contributed by atoms with van der Waals surface area (Å²) in [5.74, 6) is 4.55. The molecule has 19 heavy (non-hydrogen) atoms. The Kier molecular flexibility index (Phi) is 2.85. The van der Waals surface area contributed by atoms with Gasteiger partial charge in [-0.15, -0.1) is 0 Å². The normalized spacial score (nSPS) is 56.3. The van der Waals surface area contributed by atoms with Crippen molar-refractivity contribution in [3.8, 4) is 0 Å². The number of allylic oxidation sites excluding steroid dienone is 1. The van der Waals surface area contributed by atoms with Gasteiger partial charge in [-0.1, -0.05) is 25.5 Å². The van der Waals surface area contributed by atoms with Gasteiger partial charge in [0.1, 0.15) is 0 Å². The highest BCUT2D eigenvalue weighted by Crippen LogP contribution is 2.61. The van der Waals surface area contributed by atoms with Crippen molar-refractivity contribution in [2.45, 2.75) is 64.4 Å². The summed E-state index contributed by atoms with van der Waals surface area (Å²) < 4.78 is 0. The molecule has 4 aliphatic rings. The van der Waals surface area contributed by atoms with E-state index in [1.807, 2.05) is 0 Å². The smallest absolute Gasteiger partial charge is 0.0723 e. The summed E-state index contributed by atoms with van der Waals surface area (Å²) in [6.45, 7) is 2.58. The fourth-order valence-electron chi connectivity index (χ4n) is 6.37. The van der Waals surface area contributed by atoms with Crippen molar-refractivity contribution in [2.75, 3.05) is 0 Å². The number of aliphatic hydroxyl groups is 1. The van der Waals surface area contributed by atoms with Crippen LogP contribution in [0.3, 0.4) is 0 Å². The minimum Gasteiger partial charge on any atom is -0.389 e. The van der Waals surface area contributed by atoms with Gasteiger partial charge >= 0.3 is 0 Å². The molecule has 106 valence electrons. The van der Waals surface area contributed by atoms with Crippen LogP contribution in [0.15, 0.2) is 12.2 Å². The first-order chi connectivity index (χ1) is 9.17. The largest absolute Gasteiger partial charge is 0.389 e. The minimum atomic E-state index is -0.155. The van der Waals surface area contributed by atoms with Crippen LogP contribution in [0.1, 0.15) is 58.3 Å². The first-order valence-corrected chi connectivity index (χ1v) is 8.54. The molecule has 0 amide bonds. The average Bonchev–Trinajstić information content (AvgIpc) is 2.79. The molecule has 0 aromatic rings. The molecule has 0 aliphatic heterocycles. The van der Waals surface area contributed by atoms with E-state index in [9.17, 15) is 5.11 Å². The Labute approximate surface area is 117 Å². The summed E-state index contributed by atoms with van der Waals surface area (Å²) in [5, 5.41) is 9.85. The maximum absolute atomic E-state index is 9.85. The van der Waals surface area contributed by atoms with Crippen molar-refractivity contribution in [2.24, 2.45) is 35.0 Å². The lowest BCUT2D eigenvalue weighted by Crippen LogP contribution is -2.46. The van der Waals surface area contributed by atoms with Crippen molar-refractivity contribution in [1.82, 2.24) is 0 Å². The summed E-state index contributed by atoms with van der Waals surface area (Å²) in [7, 11) is 0.